The molecule has 72 valence electrons. The summed E-state index contributed by atoms with van der Waals surface area (Å²) >= 11 is 0. The molecular weight excluding hydrogens is 176 g/mol. The van der Waals surface area contributed by atoms with E-state index in [1.807, 2.05) is 32.2 Å². The molecule has 0 aliphatic rings. The normalized spacial score (nSPS) is 10.4. The van der Waals surface area contributed by atoms with Gasteiger partial charge in [-0.15, -0.1) is 0 Å². The summed E-state index contributed by atoms with van der Waals surface area (Å²) in [5, 5.41) is 4.01. The molecule has 0 fully saturated rings. The zero-order valence-corrected chi connectivity index (χ0v) is 8.23. The second kappa shape index (κ2) is 3.14. The second-order valence-corrected chi connectivity index (χ2v) is 3.28. The summed E-state index contributed by atoms with van der Waals surface area (Å²) in [6.07, 6.45) is 1.53. The molecule has 1 aromatic heterocycles. The summed E-state index contributed by atoms with van der Waals surface area (Å²) in [5.74, 6) is 0.830. The first-order valence-electron chi connectivity index (χ1n) is 4.39. The molecule has 0 saturated heterocycles. The van der Waals surface area contributed by atoms with Crippen LogP contribution in [0.25, 0.3) is 11.4 Å². The molecule has 0 aliphatic heterocycles. The lowest BCUT2D eigenvalue weighted by molar-refractivity contribution is 0.774. The molecule has 0 aliphatic carbocycles. The predicted molar refractivity (Wildman–Crippen MR) is 55.6 cm³/mol. The quantitative estimate of drug-likeness (QED) is 0.688. The molecule has 14 heavy (non-hydrogen) atoms. The minimum absolute atomic E-state index is 0.783. The lowest BCUT2D eigenvalue weighted by Crippen LogP contribution is -1.96. The lowest BCUT2D eigenvalue weighted by atomic mass is 10.1. The lowest BCUT2D eigenvalue weighted by Gasteiger charge is -2.03. The van der Waals surface area contributed by atoms with Crippen LogP contribution in [0.5, 0.6) is 0 Å². The van der Waals surface area contributed by atoms with Crippen LogP contribution in [0.2, 0.25) is 0 Å². The number of nitrogens with zero attached hydrogens (tertiary/aromatic N) is 3. The Bertz CT molecular complexity index is 459. The molecule has 0 unspecified atom stereocenters. The van der Waals surface area contributed by atoms with Crippen LogP contribution in [0, 0.1) is 6.92 Å². The fourth-order valence-electron chi connectivity index (χ4n) is 1.34. The van der Waals surface area contributed by atoms with Gasteiger partial charge in [-0.25, -0.2) is 9.67 Å². The number of aryl methyl sites for hydroxylation is 2. The van der Waals surface area contributed by atoms with E-state index >= 15 is 0 Å². The zero-order valence-electron chi connectivity index (χ0n) is 8.23. The maximum atomic E-state index is 5.82. The number of aromatic nitrogens is 3. The van der Waals surface area contributed by atoms with Crippen LogP contribution in [-0.2, 0) is 7.05 Å². The fraction of sp³-hybridized carbons (Fsp3) is 0.200. The highest BCUT2D eigenvalue weighted by molar-refractivity contribution is 5.63. The van der Waals surface area contributed by atoms with Gasteiger partial charge in [-0.2, -0.15) is 5.10 Å². The molecule has 1 heterocycles. The SMILES string of the molecule is Cc1ccc(-c2ncnn2C)cc1N. The van der Waals surface area contributed by atoms with Gasteiger partial charge in [-0.3, -0.25) is 0 Å². The highest BCUT2D eigenvalue weighted by atomic mass is 15.3. The van der Waals surface area contributed by atoms with Crippen molar-refractivity contribution in [2.24, 2.45) is 7.05 Å². The minimum Gasteiger partial charge on any atom is -0.398 e. The van der Waals surface area contributed by atoms with E-state index in [0.717, 1.165) is 22.6 Å². The van der Waals surface area contributed by atoms with Gasteiger partial charge in [0.25, 0.3) is 0 Å². The van der Waals surface area contributed by atoms with Crippen molar-refractivity contribution < 1.29 is 0 Å². The topological polar surface area (TPSA) is 56.7 Å². The first kappa shape index (κ1) is 8.74. The zero-order chi connectivity index (χ0) is 10.1. The fourth-order valence-corrected chi connectivity index (χ4v) is 1.34. The molecule has 2 N–H and O–H groups in total. The van der Waals surface area contributed by atoms with E-state index in [1.54, 1.807) is 4.68 Å². The van der Waals surface area contributed by atoms with E-state index in [0.29, 0.717) is 0 Å². The third-order valence-corrected chi connectivity index (χ3v) is 2.25. The molecule has 0 amide bonds. The molecule has 4 heteroatoms. The van der Waals surface area contributed by atoms with Gasteiger partial charge < -0.3 is 5.73 Å². The molecule has 0 saturated carbocycles. The molecule has 0 radical (unpaired) electrons. The monoisotopic (exact) mass is 188 g/mol. The third-order valence-electron chi connectivity index (χ3n) is 2.25. The van der Waals surface area contributed by atoms with Crippen LogP contribution in [0.15, 0.2) is 24.5 Å². The van der Waals surface area contributed by atoms with Crippen molar-refractivity contribution in [1.29, 1.82) is 0 Å². The van der Waals surface area contributed by atoms with Gasteiger partial charge in [-0.1, -0.05) is 12.1 Å². The number of anilines is 1. The maximum Gasteiger partial charge on any atom is 0.157 e. The standard InChI is InChI=1S/C10H12N4/c1-7-3-4-8(5-9(7)11)10-12-6-13-14(10)2/h3-6H,11H2,1-2H3. The molecule has 1 aromatic carbocycles. The van der Waals surface area contributed by atoms with Crippen LogP contribution >= 0.6 is 0 Å². The highest BCUT2D eigenvalue weighted by Gasteiger charge is 2.04. The van der Waals surface area contributed by atoms with Crippen LogP contribution in [0.4, 0.5) is 5.69 Å². The van der Waals surface area contributed by atoms with Crippen molar-refractivity contribution in [1.82, 2.24) is 14.8 Å². The van der Waals surface area contributed by atoms with Crippen molar-refractivity contribution in [3.63, 3.8) is 0 Å². The Balaban J connectivity index is 2.53. The first-order chi connectivity index (χ1) is 6.68. The first-order valence-corrected chi connectivity index (χ1v) is 4.39. The van der Waals surface area contributed by atoms with Crippen LogP contribution in [-0.4, -0.2) is 14.8 Å². The van der Waals surface area contributed by atoms with Gasteiger partial charge in [0, 0.05) is 18.3 Å². The highest BCUT2D eigenvalue weighted by Crippen LogP contribution is 2.20. The number of nitrogens with two attached hydrogens (primary N) is 1. The Kier molecular flexibility index (Phi) is 1.96. The summed E-state index contributed by atoms with van der Waals surface area (Å²) in [4.78, 5) is 4.15. The summed E-state index contributed by atoms with van der Waals surface area (Å²) in [6.45, 7) is 1.98. The predicted octanol–water partition coefficient (Wildman–Crippen LogP) is 1.37. The number of rotatable bonds is 1. The van der Waals surface area contributed by atoms with Crippen molar-refractivity contribution >= 4 is 5.69 Å². The van der Waals surface area contributed by atoms with Crippen LogP contribution in [0.1, 0.15) is 5.56 Å². The summed E-state index contributed by atoms with van der Waals surface area (Å²) in [5.41, 5.74) is 8.68. The van der Waals surface area contributed by atoms with E-state index < -0.39 is 0 Å². The summed E-state index contributed by atoms with van der Waals surface area (Å²) < 4.78 is 1.73. The molecule has 2 aromatic rings. The molecule has 0 bridgehead atoms. The van der Waals surface area contributed by atoms with Gasteiger partial charge in [-0.05, 0) is 18.6 Å². The Hall–Kier alpha value is -1.84. The second-order valence-electron chi connectivity index (χ2n) is 3.28. The van der Waals surface area contributed by atoms with Crippen LogP contribution < -0.4 is 5.73 Å². The molecule has 2 rings (SSSR count). The number of benzene rings is 1. The van der Waals surface area contributed by atoms with Gasteiger partial charge >= 0.3 is 0 Å². The molecule has 0 atom stereocenters. The minimum atomic E-state index is 0.783. The van der Waals surface area contributed by atoms with Gasteiger partial charge in [0.15, 0.2) is 5.82 Å². The summed E-state index contributed by atoms with van der Waals surface area (Å²) in [6, 6.07) is 5.90. The van der Waals surface area contributed by atoms with E-state index in [4.69, 9.17) is 5.73 Å². The average Bonchev–Trinajstić information content (AvgIpc) is 2.57. The Morgan fingerprint density at radius 1 is 1.36 bits per heavy atom. The van der Waals surface area contributed by atoms with E-state index in [9.17, 15) is 0 Å². The molecular formula is C10H12N4. The average molecular weight is 188 g/mol. The molecule has 0 spiro atoms. The van der Waals surface area contributed by atoms with E-state index in [-0.39, 0.29) is 0 Å². The number of nitrogen functional groups attached to an aromatic ring is 1. The largest absolute Gasteiger partial charge is 0.398 e. The van der Waals surface area contributed by atoms with E-state index in [1.165, 1.54) is 6.33 Å². The number of hydrogen-bond acceptors (Lipinski definition) is 3. The Labute approximate surface area is 82.4 Å². The van der Waals surface area contributed by atoms with Crippen molar-refractivity contribution in [2.45, 2.75) is 6.92 Å². The number of hydrogen-bond donors (Lipinski definition) is 1. The molecule has 4 nitrogen and oxygen atoms in total. The smallest absolute Gasteiger partial charge is 0.157 e. The van der Waals surface area contributed by atoms with Gasteiger partial charge in [0.05, 0.1) is 0 Å². The Morgan fingerprint density at radius 3 is 2.71 bits per heavy atom. The summed E-state index contributed by atoms with van der Waals surface area (Å²) in [7, 11) is 1.86. The third kappa shape index (κ3) is 1.35. The van der Waals surface area contributed by atoms with Crippen molar-refractivity contribution in [3.8, 4) is 11.4 Å². The van der Waals surface area contributed by atoms with E-state index in [2.05, 4.69) is 10.1 Å². The van der Waals surface area contributed by atoms with Crippen molar-refractivity contribution in [3.05, 3.63) is 30.1 Å². The Morgan fingerprint density at radius 2 is 2.14 bits per heavy atom. The van der Waals surface area contributed by atoms with Crippen molar-refractivity contribution in [2.75, 3.05) is 5.73 Å². The van der Waals surface area contributed by atoms with Gasteiger partial charge in [0.2, 0.25) is 0 Å². The van der Waals surface area contributed by atoms with Gasteiger partial charge in [0.1, 0.15) is 6.33 Å². The van der Waals surface area contributed by atoms with Crippen LogP contribution in [0.3, 0.4) is 0 Å². The maximum absolute atomic E-state index is 5.82.